The van der Waals surface area contributed by atoms with Crippen LogP contribution < -0.4 is 5.32 Å². The molecule has 1 heterocycles. The molecule has 2 atom stereocenters. The van der Waals surface area contributed by atoms with Crippen LogP contribution >= 0.6 is 0 Å². The van der Waals surface area contributed by atoms with Gasteiger partial charge in [-0.15, -0.1) is 0 Å². The highest BCUT2D eigenvalue weighted by atomic mass is 16.5. The monoisotopic (exact) mass is 300 g/mol. The fourth-order valence-electron chi connectivity index (χ4n) is 5.37. The lowest BCUT2D eigenvalue weighted by molar-refractivity contribution is -0.177. The number of carbonyl (C=O) groups is 2. The molecular weight excluding hydrogens is 280 g/mol. The number of hydrogen-bond donors (Lipinski definition) is 1. The quantitative estimate of drug-likeness (QED) is 0.864. The zero-order chi connectivity index (χ0) is 15.2. The molecule has 0 aromatic carbocycles. The molecule has 5 nitrogen and oxygen atoms in total. The number of hydrogen-bond acceptors (Lipinski definition) is 4. The van der Waals surface area contributed by atoms with E-state index in [2.05, 4.69) is 10.3 Å². The van der Waals surface area contributed by atoms with Crippen LogP contribution in [0.25, 0.3) is 0 Å². The van der Waals surface area contributed by atoms with Crippen molar-refractivity contribution >= 4 is 12.4 Å². The highest BCUT2D eigenvalue weighted by Gasteiger charge is 2.59. The van der Waals surface area contributed by atoms with Crippen molar-refractivity contribution in [2.75, 3.05) is 0 Å². The van der Waals surface area contributed by atoms with E-state index in [-0.39, 0.29) is 17.0 Å². The second kappa shape index (κ2) is 4.80. The molecule has 5 heteroatoms. The Morgan fingerprint density at radius 1 is 1.27 bits per heavy atom. The number of nitrogens with zero attached hydrogens (tertiary/aromatic N) is 1. The second-order valence-corrected chi connectivity index (χ2v) is 7.31. The van der Waals surface area contributed by atoms with Crippen LogP contribution in [0.15, 0.2) is 24.4 Å². The van der Waals surface area contributed by atoms with Crippen molar-refractivity contribution < 1.29 is 14.3 Å². The number of amides is 1. The maximum absolute atomic E-state index is 12.5. The van der Waals surface area contributed by atoms with E-state index in [9.17, 15) is 9.59 Å². The van der Waals surface area contributed by atoms with Crippen molar-refractivity contribution in [1.82, 2.24) is 10.3 Å². The SMILES string of the molecule is O=COC12CC3CC(CC(NC(=O)c4ccccn4)(C3)C1)C2. The Kier molecular flexibility index (Phi) is 2.99. The highest BCUT2D eigenvalue weighted by molar-refractivity contribution is 5.92. The number of rotatable bonds is 4. The maximum Gasteiger partial charge on any atom is 0.293 e. The Labute approximate surface area is 129 Å². The maximum atomic E-state index is 12.5. The van der Waals surface area contributed by atoms with Crippen molar-refractivity contribution in [2.24, 2.45) is 11.8 Å². The van der Waals surface area contributed by atoms with Gasteiger partial charge in [0.2, 0.25) is 0 Å². The van der Waals surface area contributed by atoms with Crippen LogP contribution in [-0.2, 0) is 9.53 Å². The van der Waals surface area contributed by atoms with Gasteiger partial charge in [-0.3, -0.25) is 14.6 Å². The molecule has 5 rings (SSSR count). The molecule has 0 radical (unpaired) electrons. The van der Waals surface area contributed by atoms with Gasteiger partial charge in [0.15, 0.2) is 0 Å². The van der Waals surface area contributed by atoms with Crippen LogP contribution in [0.3, 0.4) is 0 Å². The fourth-order valence-corrected chi connectivity index (χ4v) is 5.37. The summed E-state index contributed by atoms with van der Waals surface area (Å²) in [5, 5.41) is 3.23. The zero-order valence-corrected chi connectivity index (χ0v) is 12.5. The van der Waals surface area contributed by atoms with Gasteiger partial charge in [-0.2, -0.15) is 0 Å². The molecule has 1 aromatic heterocycles. The smallest absolute Gasteiger partial charge is 0.293 e. The molecule has 4 saturated carbocycles. The minimum absolute atomic E-state index is 0.121. The van der Waals surface area contributed by atoms with Crippen LogP contribution in [0.1, 0.15) is 49.0 Å². The fraction of sp³-hybridized carbons (Fsp3) is 0.588. The summed E-state index contributed by atoms with van der Waals surface area (Å²) in [7, 11) is 0. The number of nitrogens with one attached hydrogen (secondary N) is 1. The van der Waals surface area contributed by atoms with E-state index in [1.807, 2.05) is 6.07 Å². The summed E-state index contributed by atoms with van der Waals surface area (Å²) in [6, 6.07) is 5.35. The van der Waals surface area contributed by atoms with Crippen molar-refractivity contribution in [1.29, 1.82) is 0 Å². The lowest BCUT2D eigenvalue weighted by Gasteiger charge is -2.60. The predicted molar refractivity (Wildman–Crippen MR) is 79.0 cm³/mol. The van der Waals surface area contributed by atoms with Crippen LogP contribution in [0.4, 0.5) is 0 Å². The lowest BCUT2D eigenvalue weighted by Crippen LogP contribution is -2.66. The molecule has 0 saturated heterocycles. The Morgan fingerprint density at radius 2 is 2.05 bits per heavy atom. The van der Waals surface area contributed by atoms with Gasteiger partial charge in [-0.25, -0.2) is 0 Å². The van der Waals surface area contributed by atoms with Gasteiger partial charge in [0.1, 0.15) is 11.3 Å². The number of carbonyl (C=O) groups excluding carboxylic acids is 2. The van der Waals surface area contributed by atoms with E-state index in [0.717, 1.165) is 32.1 Å². The molecule has 4 aliphatic carbocycles. The summed E-state index contributed by atoms with van der Waals surface area (Å²) < 4.78 is 5.51. The molecule has 1 amide bonds. The Bertz CT molecular complexity index is 587. The number of ether oxygens (including phenoxy) is 1. The van der Waals surface area contributed by atoms with E-state index in [4.69, 9.17) is 4.74 Å². The van der Waals surface area contributed by atoms with Gasteiger partial charge in [-0.05, 0) is 56.1 Å². The molecule has 1 aromatic rings. The average molecular weight is 300 g/mol. The minimum Gasteiger partial charge on any atom is -0.461 e. The molecule has 2 unspecified atom stereocenters. The summed E-state index contributed by atoms with van der Waals surface area (Å²) in [4.78, 5) is 27.6. The highest BCUT2D eigenvalue weighted by Crippen LogP contribution is 2.58. The van der Waals surface area contributed by atoms with Crippen molar-refractivity contribution in [3.8, 4) is 0 Å². The third-order valence-electron chi connectivity index (χ3n) is 5.58. The van der Waals surface area contributed by atoms with Gasteiger partial charge in [0.05, 0.1) is 0 Å². The Morgan fingerprint density at radius 3 is 2.68 bits per heavy atom. The molecule has 4 bridgehead atoms. The van der Waals surface area contributed by atoms with Crippen molar-refractivity contribution in [3.63, 3.8) is 0 Å². The van der Waals surface area contributed by atoms with E-state index < -0.39 is 0 Å². The summed E-state index contributed by atoms with van der Waals surface area (Å²) >= 11 is 0. The molecule has 0 spiro atoms. The van der Waals surface area contributed by atoms with Crippen molar-refractivity contribution in [2.45, 2.75) is 49.7 Å². The Balaban J connectivity index is 1.58. The Hall–Kier alpha value is -1.91. The normalized spacial score (nSPS) is 38.5. The van der Waals surface area contributed by atoms with E-state index >= 15 is 0 Å². The van der Waals surface area contributed by atoms with Crippen LogP contribution in [-0.4, -0.2) is 28.5 Å². The second-order valence-electron chi connectivity index (χ2n) is 7.31. The summed E-state index contributed by atoms with van der Waals surface area (Å²) in [5.74, 6) is 0.972. The predicted octanol–water partition coefficient (Wildman–Crippen LogP) is 2.08. The van der Waals surface area contributed by atoms with Gasteiger partial charge >= 0.3 is 0 Å². The largest absolute Gasteiger partial charge is 0.461 e. The molecule has 1 N–H and O–H groups in total. The average Bonchev–Trinajstić information content (AvgIpc) is 2.46. The summed E-state index contributed by atoms with van der Waals surface area (Å²) in [6.07, 6.45) is 7.45. The summed E-state index contributed by atoms with van der Waals surface area (Å²) in [5.41, 5.74) is -0.145. The molecule has 0 aliphatic heterocycles. The first kappa shape index (κ1) is 13.7. The first-order chi connectivity index (χ1) is 10.6. The van der Waals surface area contributed by atoms with E-state index in [1.54, 1.807) is 18.3 Å². The summed E-state index contributed by atoms with van der Waals surface area (Å²) in [6.45, 7) is 0.585. The first-order valence-corrected chi connectivity index (χ1v) is 7.97. The first-order valence-electron chi connectivity index (χ1n) is 7.97. The van der Waals surface area contributed by atoms with Crippen LogP contribution in [0.2, 0.25) is 0 Å². The molecule has 4 fully saturated rings. The zero-order valence-electron chi connectivity index (χ0n) is 12.5. The standard InChI is InChI=1S/C17H20N2O3/c20-11-22-17-8-12-5-13(9-17)7-16(6-12,10-17)19-15(21)14-3-1-2-4-18-14/h1-4,11-13H,5-10H2,(H,19,21). The lowest BCUT2D eigenvalue weighted by atomic mass is 9.51. The third-order valence-corrected chi connectivity index (χ3v) is 5.58. The van der Waals surface area contributed by atoms with Crippen LogP contribution in [0, 0.1) is 11.8 Å². The van der Waals surface area contributed by atoms with Crippen LogP contribution in [0.5, 0.6) is 0 Å². The molecule has 116 valence electrons. The van der Waals surface area contributed by atoms with Gasteiger partial charge < -0.3 is 10.1 Å². The van der Waals surface area contributed by atoms with E-state index in [0.29, 0.717) is 24.0 Å². The molecule has 22 heavy (non-hydrogen) atoms. The topological polar surface area (TPSA) is 68.3 Å². The minimum atomic E-state index is -0.358. The number of aromatic nitrogens is 1. The van der Waals surface area contributed by atoms with Gasteiger partial charge in [0, 0.05) is 18.2 Å². The molecular formula is C17H20N2O3. The number of pyridine rings is 1. The van der Waals surface area contributed by atoms with Gasteiger partial charge in [0.25, 0.3) is 12.4 Å². The third kappa shape index (κ3) is 2.19. The van der Waals surface area contributed by atoms with Crippen molar-refractivity contribution in [3.05, 3.63) is 30.1 Å². The van der Waals surface area contributed by atoms with E-state index in [1.165, 1.54) is 6.42 Å². The van der Waals surface area contributed by atoms with Gasteiger partial charge in [-0.1, -0.05) is 6.07 Å². The molecule has 4 aliphatic rings.